The van der Waals surface area contributed by atoms with Gasteiger partial charge in [-0.1, -0.05) is 0 Å². The van der Waals surface area contributed by atoms with Crippen molar-refractivity contribution in [3.8, 4) is 0 Å². The molecule has 0 amide bonds. The highest BCUT2D eigenvalue weighted by Gasteiger charge is 2.03. The van der Waals surface area contributed by atoms with Gasteiger partial charge in [-0.25, -0.2) is 0 Å². The predicted octanol–water partition coefficient (Wildman–Crippen LogP) is -0.767. The van der Waals surface area contributed by atoms with Crippen LogP contribution >= 0.6 is 0 Å². The number of hydrogen-bond donors (Lipinski definition) is 4. The monoisotopic (exact) mass is 258 g/mol. The van der Waals surface area contributed by atoms with Crippen LogP contribution in [0.3, 0.4) is 0 Å². The maximum absolute atomic E-state index is 9.05. The van der Waals surface area contributed by atoms with Crippen LogP contribution in [0.15, 0.2) is 0 Å². The normalized spacial score (nSPS) is 23.2. The van der Waals surface area contributed by atoms with Gasteiger partial charge in [0.1, 0.15) is 0 Å². The van der Waals surface area contributed by atoms with E-state index >= 15 is 0 Å². The number of aliphatic hydroxyl groups excluding tert-OH is 1. The van der Waals surface area contributed by atoms with Crippen LogP contribution < -0.4 is 16.0 Å². The van der Waals surface area contributed by atoms with Crippen molar-refractivity contribution in [2.45, 2.75) is 19.3 Å². The summed E-state index contributed by atoms with van der Waals surface area (Å²) in [5.74, 6) is 0. The van der Waals surface area contributed by atoms with Gasteiger partial charge in [-0.3, -0.25) is 0 Å². The van der Waals surface area contributed by atoms with Crippen LogP contribution in [0.1, 0.15) is 19.3 Å². The number of nitrogens with zero attached hydrogens (tertiary/aromatic N) is 1. The lowest BCUT2D eigenvalue weighted by molar-refractivity contribution is 0.192. The van der Waals surface area contributed by atoms with E-state index in [1.54, 1.807) is 0 Å². The van der Waals surface area contributed by atoms with Gasteiger partial charge in [-0.2, -0.15) is 0 Å². The molecule has 0 aromatic heterocycles. The van der Waals surface area contributed by atoms with Crippen LogP contribution in [0.4, 0.5) is 0 Å². The molecule has 1 saturated heterocycles. The summed E-state index contributed by atoms with van der Waals surface area (Å²) in [7, 11) is 0. The minimum atomic E-state index is 0.269. The Kier molecular flexibility index (Phi) is 10.5. The average molecular weight is 258 g/mol. The molecule has 1 aliphatic rings. The standard InChI is InChI=1S/C13H30N4O/c18-13-12-17-10-2-6-14-4-1-5-15-8-9-16-7-3-11-17/h14-16,18H,1-13H2. The molecule has 1 aliphatic heterocycles. The van der Waals surface area contributed by atoms with Gasteiger partial charge in [0, 0.05) is 19.6 Å². The zero-order valence-corrected chi connectivity index (χ0v) is 11.6. The summed E-state index contributed by atoms with van der Waals surface area (Å²) < 4.78 is 0. The number of β-amino-alcohol motifs (C(OH)–C–C–N with tert-alkyl or cyclic N) is 1. The largest absolute Gasteiger partial charge is 0.395 e. The molecule has 108 valence electrons. The molecule has 1 rings (SSSR count). The summed E-state index contributed by atoms with van der Waals surface area (Å²) in [6, 6.07) is 0. The highest BCUT2D eigenvalue weighted by Crippen LogP contribution is 1.93. The zero-order valence-electron chi connectivity index (χ0n) is 11.6. The van der Waals surface area contributed by atoms with E-state index in [0.717, 1.165) is 65.3 Å². The lowest BCUT2D eigenvalue weighted by atomic mass is 10.3. The van der Waals surface area contributed by atoms with Gasteiger partial charge in [-0.05, 0) is 58.5 Å². The van der Waals surface area contributed by atoms with E-state index in [1.807, 2.05) is 0 Å². The molecule has 0 aliphatic carbocycles. The minimum Gasteiger partial charge on any atom is -0.395 e. The second kappa shape index (κ2) is 11.9. The Hall–Kier alpha value is -0.200. The minimum absolute atomic E-state index is 0.269. The molecule has 18 heavy (non-hydrogen) atoms. The highest BCUT2D eigenvalue weighted by molar-refractivity contribution is 4.62. The molecule has 0 aromatic rings. The molecule has 1 fully saturated rings. The van der Waals surface area contributed by atoms with Crippen molar-refractivity contribution >= 4 is 0 Å². The predicted molar refractivity (Wildman–Crippen MR) is 76.0 cm³/mol. The molecule has 0 unspecified atom stereocenters. The van der Waals surface area contributed by atoms with Gasteiger partial charge in [0.05, 0.1) is 6.61 Å². The highest BCUT2D eigenvalue weighted by atomic mass is 16.3. The molecule has 0 bridgehead atoms. The van der Waals surface area contributed by atoms with Gasteiger partial charge in [0.15, 0.2) is 0 Å². The first kappa shape index (κ1) is 15.9. The summed E-state index contributed by atoms with van der Waals surface area (Å²) in [6.45, 7) is 9.71. The Morgan fingerprint density at radius 3 is 1.78 bits per heavy atom. The molecule has 0 aromatic carbocycles. The van der Waals surface area contributed by atoms with Crippen molar-refractivity contribution in [2.75, 3.05) is 65.5 Å². The van der Waals surface area contributed by atoms with Crippen molar-refractivity contribution in [3.05, 3.63) is 0 Å². The van der Waals surface area contributed by atoms with E-state index in [-0.39, 0.29) is 6.61 Å². The lowest BCUT2D eigenvalue weighted by Crippen LogP contribution is -2.33. The third-order valence-corrected chi connectivity index (χ3v) is 3.26. The molecule has 5 heteroatoms. The SMILES string of the molecule is OCCN1CCCNCCCNCCNCCC1. The molecule has 5 nitrogen and oxygen atoms in total. The van der Waals surface area contributed by atoms with Crippen LogP contribution in [0.2, 0.25) is 0 Å². The number of hydrogen-bond acceptors (Lipinski definition) is 5. The third kappa shape index (κ3) is 8.83. The zero-order chi connectivity index (χ0) is 12.9. The van der Waals surface area contributed by atoms with Crippen molar-refractivity contribution in [1.82, 2.24) is 20.9 Å². The fraction of sp³-hybridized carbons (Fsp3) is 1.00. The van der Waals surface area contributed by atoms with Crippen LogP contribution in [-0.4, -0.2) is 75.5 Å². The number of nitrogens with one attached hydrogen (secondary N) is 3. The van der Waals surface area contributed by atoms with Gasteiger partial charge in [0.2, 0.25) is 0 Å². The van der Waals surface area contributed by atoms with Crippen LogP contribution in [0, 0.1) is 0 Å². The first-order valence-electron chi connectivity index (χ1n) is 7.39. The van der Waals surface area contributed by atoms with E-state index in [1.165, 1.54) is 12.8 Å². The first-order valence-corrected chi connectivity index (χ1v) is 7.39. The second-order valence-electron chi connectivity index (χ2n) is 4.88. The van der Waals surface area contributed by atoms with Gasteiger partial charge in [-0.15, -0.1) is 0 Å². The van der Waals surface area contributed by atoms with Gasteiger partial charge in [0.25, 0.3) is 0 Å². The Labute approximate surface area is 111 Å². The van der Waals surface area contributed by atoms with E-state index in [4.69, 9.17) is 5.11 Å². The number of rotatable bonds is 2. The molecule has 1 heterocycles. The molecule has 0 radical (unpaired) electrons. The van der Waals surface area contributed by atoms with Crippen LogP contribution in [0.5, 0.6) is 0 Å². The van der Waals surface area contributed by atoms with Crippen molar-refractivity contribution in [2.24, 2.45) is 0 Å². The summed E-state index contributed by atoms with van der Waals surface area (Å²) in [6.07, 6.45) is 3.52. The van der Waals surface area contributed by atoms with E-state index < -0.39 is 0 Å². The molecular weight excluding hydrogens is 228 g/mol. The summed E-state index contributed by atoms with van der Waals surface area (Å²) in [4.78, 5) is 2.36. The third-order valence-electron chi connectivity index (χ3n) is 3.26. The van der Waals surface area contributed by atoms with E-state index in [9.17, 15) is 0 Å². The summed E-state index contributed by atoms with van der Waals surface area (Å²) in [5, 5.41) is 19.4. The maximum Gasteiger partial charge on any atom is 0.0558 e. The van der Waals surface area contributed by atoms with E-state index in [0.29, 0.717) is 0 Å². The van der Waals surface area contributed by atoms with Crippen LogP contribution in [0.25, 0.3) is 0 Å². The van der Waals surface area contributed by atoms with Crippen LogP contribution in [-0.2, 0) is 0 Å². The molecular formula is C13H30N4O. The van der Waals surface area contributed by atoms with Gasteiger partial charge >= 0.3 is 0 Å². The van der Waals surface area contributed by atoms with Gasteiger partial charge < -0.3 is 26.0 Å². The quantitative estimate of drug-likeness (QED) is 0.524. The van der Waals surface area contributed by atoms with E-state index in [2.05, 4.69) is 20.9 Å². The smallest absolute Gasteiger partial charge is 0.0558 e. The topological polar surface area (TPSA) is 59.6 Å². The Morgan fingerprint density at radius 1 is 0.722 bits per heavy atom. The summed E-state index contributed by atoms with van der Waals surface area (Å²) >= 11 is 0. The van der Waals surface area contributed by atoms with Crippen molar-refractivity contribution in [3.63, 3.8) is 0 Å². The average Bonchev–Trinajstić information content (AvgIpc) is 2.39. The Bertz CT molecular complexity index is 164. The van der Waals surface area contributed by atoms with Crippen molar-refractivity contribution in [1.29, 1.82) is 0 Å². The Balaban J connectivity index is 2.20. The van der Waals surface area contributed by atoms with Crippen molar-refractivity contribution < 1.29 is 5.11 Å². The second-order valence-corrected chi connectivity index (χ2v) is 4.88. The first-order chi connectivity index (χ1) is 8.93. The molecule has 4 N–H and O–H groups in total. The molecule has 0 atom stereocenters. The maximum atomic E-state index is 9.05. The fourth-order valence-corrected chi connectivity index (χ4v) is 2.22. The summed E-state index contributed by atoms with van der Waals surface area (Å²) in [5.41, 5.74) is 0. The lowest BCUT2D eigenvalue weighted by Gasteiger charge is -2.21. The Morgan fingerprint density at radius 2 is 1.22 bits per heavy atom. The molecule has 0 spiro atoms. The number of aliphatic hydroxyl groups is 1. The molecule has 0 saturated carbocycles. The fourth-order valence-electron chi connectivity index (χ4n) is 2.22.